The van der Waals surface area contributed by atoms with E-state index < -0.39 is 5.54 Å². The molecule has 0 aromatic heterocycles. The minimum Gasteiger partial charge on any atom is -0.352 e. The largest absolute Gasteiger partial charge is 0.352 e. The van der Waals surface area contributed by atoms with Gasteiger partial charge in [-0.1, -0.05) is 20.3 Å². The van der Waals surface area contributed by atoms with Crippen molar-refractivity contribution in [1.82, 2.24) is 10.2 Å². The Morgan fingerprint density at radius 2 is 2.20 bits per heavy atom. The van der Waals surface area contributed by atoms with E-state index >= 15 is 0 Å². The predicted octanol–water partition coefficient (Wildman–Crippen LogP) is 1.23. The smallest absolute Gasteiger partial charge is 0.257 e. The molecule has 0 saturated carbocycles. The van der Waals surface area contributed by atoms with Gasteiger partial charge in [-0.25, -0.2) is 0 Å². The zero-order chi connectivity index (χ0) is 15.2. The molecule has 6 nitrogen and oxygen atoms in total. The van der Waals surface area contributed by atoms with Crippen LogP contribution in [-0.4, -0.2) is 41.7 Å². The lowest BCUT2D eigenvalue weighted by atomic mass is 9.96. The van der Waals surface area contributed by atoms with Crippen LogP contribution in [0.5, 0.6) is 0 Å². The molecule has 1 aliphatic heterocycles. The number of carbonyl (C=O) groups is 2. The first-order chi connectivity index (χ1) is 9.50. The maximum Gasteiger partial charge on any atom is 0.257 e. The molecular weight excluding hydrogens is 256 g/mol. The number of nitrogens with zero attached hydrogens (tertiary/aromatic N) is 3. The van der Waals surface area contributed by atoms with Gasteiger partial charge in [-0.3, -0.25) is 14.6 Å². The Morgan fingerprint density at radius 1 is 1.50 bits per heavy atom. The fourth-order valence-electron chi connectivity index (χ4n) is 2.21. The van der Waals surface area contributed by atoms with Crippen molar-refractivity contribution in [2.24, 2.45) is 4.99 Å². The number of amides is 2. The predicted molar refractivity (Wildman–Crippen MR) is 76.0 cm³/mol. The molecule has 0 saturated heterocycles. The standard InChI is InChI=1S/C14H22N4O2/c1-4-6-7-11-17-14(5-2,13(20)18(11)3)10-16-12(19)8-9-15/h4-8,10H2,1-3H3,(H,16,19). The van der Waals surface area contributed by atoms with Crippen molar-refractivity contribution < 1.29 is 9.59 Å². The van der Waals surface area contributed by atoms with Gasteiger partial charge >= 0.3 is 0 Å². The van der Waals surface area contributed by atoms with E-state index in [1.54, 1.807) is 18.0 Å². The number of hydrogen-bond acceptors (Lipinski definition) is 4. The van der Waals surface area contributed by atoms with Crippen molar-refractivity contribution in [3.63, 3.8) is 0 Å². The molecule has 1 heterocycles. The number of aliphatic imine (C=N–C) groups is 1. The Bertz CT molecular complexity index is 453. The van der Waals surface area contributed by atoms with Gasteiger partial charge in [0.05, 0.1) is 12.6 Å². The molecule has 6 heteroatoms. The van der Waals surface area contributed by atoms with Gasteiger partial charge in [0.15, 0.2) is 5.54 Å². The van der Waals surface area contributed by atoms with E-state index in [0.29, 0.717) is 6.42 Å². The first-order valence-electron chi connectivity index (χ1n) is 7.01. The van der Waals surface area contributed by atoms with Crippen LogP contribution >= 0.6 is 0 Å². The number of hydrogen-bond donors (Lipinski definition) is 1. The lowest BCUT2D eigenvalue weighted by Gasteiger charge is -2.23. The van der Waals surface area contributed by atoms with Gasteiger partial charge in [0.25, 0.3) is 5.91 Å². The van der Waals surface area contributed by atoms with Crippen molar-refractivity contribution in [3.8, 4) is 6.07 Å². The Labute approximate surface area is 119 Å². The number of nitrogens with one attached hydrogen (secondary N) is 1. The Kier molecular flexibility index (Phi) is 5.68. The van der Waals surface area contributed by atoms with Gasteiger partial charge in [-0.05, 0) is 12.8 Å². The molecular formula is C14H22N4O2. The van der Waals surface area contributed by atoms with Crippen LogP contribution < -0.4 is 5.32 Å². The summed E-state index contributed by atoms with van der Waals surface area (Å²) in [5.41, 5.74) is -0.900. The van der Waals surface area contributed by atoms with Gasteiger partial charge in [0.1, 0.15) is 12.3 Å². The van der Waals surface area contributed by atoms with Crippen molar-refractivity contribution in [1.29, 1.82) is 5.26 Å². The zero-order valence-corrected chi connectivity index (χ0v) is 12.4. The fraction of sp³-hybridized carbons (Fsp3) is 0.714. The maximum atomic E-state index is 12.4. The molecule has 1 aliphatic rings. The zero-order valence-electron chi connectivity index (χ0n) is 12.4. The Balaban J connectivity index is 2.81. The topological polar surface area (TPSA) is 85.6 Å². The summed E-state index contributed by atoms with van der Waals surface area (Å²) in [4.78, 5) is 29.9. The summed E-state index contributed by atoms with van der Waals surface area (Å²) >= 11 is 0. The average molecular weight is 278 g/mol. The highest BCUT2D eigenvalue weighted by molar-refractivity contribution is 6.08. The van der Waals surface area contributed by atoms with Crippen LogP contribution in [0.1, 0.15) is 46.0 Å². The first-order valence-corrected chi connectivity index (χ1v) is 7.01. The van der Waals surface area contributed by atoms with Gasteiger partial charge in [-0.15, -0.1) is 0 Å². The van der Waals surface area contributed by atoms with Crippen molar-refractivity contribution in [2.75, 3.05) is 13.6 Å². The van der Waals surface area contributed by atoms with Crippen LogP contribution in [-0.2, 0) is 9.59 Å². The monoisotopic (exact) mass is 278 g/mol. The molecule has 0 aliphatic carbocycles. The maximum absolute atomic E-state index is 12.4. The van der Waals surface area contributed by atoms with Crippen molar-refractivity contribution >= 4 is 17.6 Å². The van der Waals surface area contributed by atoms with Crippen LogP contribution in [0, 0.1) is 11.3 Å². The number of amidine groups is 1. The lowest BCUT2D eigenvalue weighted by Crippen LogP contribution is -2.48. The van der Waals surface area contributed by atoms with E-state index in [1.165, 1.54) is 0 Å². The minimum atomic E-state index is -0.900. The molecule has 0 aromatic carbocycles. The molecule has 1 atom stereocenters. The number of nitriles is 1. The molecule has 0 fully saturated rings. The second kappa shape index (κ2) is 7.04. The molecule has 0 aromatic rings. The minimum absolute atomic E-state index is 0.0802. The molecule has 1 unspecified atom stereocenters. The summed E-state index contributed by atoms with van der Waals surface area (Å²) in [6.07, 6.45) is 3.12. The highest BCUT2D eigenvalue weighted by Gasteiger charge is 2.45. The normalized spacial score (nSPS) is 21.6. The third-order valence-corrected chi connectivity index (χ3v) is 3.59. The Morgan fingerprint density at radius 3 is 2.75 bits per heavy atom. The van der Waals surface area contributed by atoms with Crippen LogP contribution in [0.15, 0.2) is 4.99 Å². The summed E-state index contributed by atoms with van der Waals surface area (Å²) in [5, 5.41) is 11.1. The van der Waals surface area contributed by atoms with Crippen LogP contribution in [0.2, 0.25) is 0 Å². The molecule has 20 heavy (non-hydrogen) atoms. The third kappa shape index (κ3) is 3.35. The third-order valence-electron chi connectivity index (χ3n) is 3.59. The highest BCUT2D eigenvalue weighted by Crippen LogP contribution is 2.26. The number of unbranched alkanes of at least 4 members (excludes halogenated alkanes) is 1. The van der Waals surface area contributed by atoms with Crippen LogP contribution in [0.3, 0.4) is 0 Å². The lowest BCUT2D eigenvalue weighted by molar-refractivity contribution is -0.130. The van der Waals surface area contributed by atoms with Gasteiger partial charge in [0.2, 0.25) is 5.91 Å². The SMILES string of the molecule is CCCCC1=NC(CC)(CNC(=O)CC#N)C(=O)N1C. The molecule has 0 radical (unpaired) electrons. The second-order valence-electron chi connectivity index (χ2n) is 4.99. The van der Waals surface area contributed by atoms with Crippen molar-refractivity contribution in [2.45, 2.75) is 51.5 Å². The van der Waals surface area contributed by atoms with Crippen LogP contribution in [0.4, 0.5) is 0 Å². The van der Waals surface area contributed by atoms with Gasteiger partial charge < -0.3 is 10.2 Å². The second-order valence-corrected chi connectivity index (χ2v) is 4.99. The molecule has 0 bridgehead atoms. The van der Waals surface area contributed by atoms with E-state index in [2.05, 4.69) is 17.2 Å². The van der Waals surface area contributed by atoms with E-state index in [0.717, 1.165) is 25.1 Å². The Hall–Kier alpha value is -1.90. The average Bonchev–Trinajstić information content (AvgIpc) is 2.68. The van der Waals surface area contributed by atoms with E-state index in [-0.39, 0.29) is 24.8 Å². The van der Waals surface area contributed by atoms with Crippen LogP contribution in [0.25, 0.3) is 0 Å². The van der Waals surface area contributed by atoms with E-state index in [1.807, 2.05) is 6.92 Å². The summed E-state index contributed by atoms with van der Waals surface area (Å²) in [6, 6.07) is 1.79. The summed E-state index contributed by atoms with van der Waals surface area (Å²) in [5.74, 6) is 0.338. The van der Waals surface area contributed by atoms with E-state index in [4.69, 9.17) is 5.26 Å². The summed E-state index contributed by atoms with van der Waals surface area (Å²) < 4.78 is 0. The quantitative estimate of drug-likeness (QED) is 0.760. The fourth-order valence-corrected chi connectivity index (χ4v) is 2.21. The molecule has 1 N–H and O–H groups in total. The first kappa shape index (κ1) is 16.2. The number of likely N-dealkylation sites (N-methyl/N-ethyl adjacent to an activating group) is 1. The van der Waals surface area contributed by atoms with Crippen molar-refractivity contribution in [3.05, 3.63) is 0 Å². The molecule has 1 rings (SSSR count). The highest BCUT2D eigenvalue weighted by atomic mass is 16.2. The molecule has 0 spiro atoms. The summed E-state index contributed by atoms with van der Waals surface area (Å²) in [6.45, 7) is 4.13. The number of rotatable bonds is 7. The summed E-state index contributed by atoms with van der Waals surface area (Å²) in [7, 11) is 1.73. The van der Waals surface area contributed by atoms with E-state index in [9.17, 15) is 9.59 Å². The molecule has 110 valence electrons. The molecule has 2 amide bonds. The van der Waals surface area contributed by atoms with Gasteiger partial charge in [0, 0.05) is 13.5 Å². The van der Waals surface area contributed by atoms with Gasteiger partial charge in [-0.2, -0.15) is 5.26 Å². The number of carbonyl (C=O) groups excluding carboxylic acids is 2.